The zero-order chi connectivity index (χ0) is 13.0. The number of hydrogen-bond donors (Lipinski definition) is 2. The lowest BCUT2D eigenvalue weighted by atomic mass is 10.2. The van der Waals surface area contributed by atoms with E-state index in [1.54, 1.807) is 12.1 Å². The minimum atomic E-state index is -0.211. The number of aromatic hydroxyl groups is 1. The van der Waals surface area contributed by atoms with Crippen LogP contribution in [0.15, 0.2) is 24.3 Å². The monoisotopic (exact) mass is 250 g/mol. The van der Waals surface area contributed by atoms with E-state index in [4.69, 9.17) is 0 Å². The van der Waals surface area contributed by atoms with E-state index in [2.05, 4.69) is 9.80 Å². The molecule has 18 heavy (non-hydrogen) atoms. The van der Waals surface area contributed by atoms with Crippen molar-refractivity contribution in [3.05, 3.63) is 24.3 Å². The predicted molar refractivity (Wildman–Crippen MR) is 73.1 cm³/mol. The molecule has 1 aromatic rings. The topological polar surface area (TPSA) is 46.9 Å². The number of aliphatic hydroxyl groups excluding tert-OH is 1. The highest BCUT2D eigenvalue weighted by Gasteiger charge is 2.18. The van der Waals surface area contributed by atoms with Crippen LogP contribution >= 0.6 is 0 Å². The number of aliphatic hydroxyl groups is 1. The molecule has 0 amide bonds. The number of phenolic OH excluding ortho intramolecular Hbond substituents is 1. The van der Waals surface area contributed by atoms with Crippen molar-refractivity contribution in [2.75, 3.05) is 37.6 Å². The summed E-state index contributed by atoms with van der Waals surface area (Å²) in [7, 11) is 0. The number of nitrogens with zero attached hydrogens (tertiary/aromatic N) is 2. The predicted octanol–water partition coefficient (Wildman–Crippen LogP) is 1.29. The number of piperazine rings is 1. The second-order valence-corrected chi connectivity index (χ2v) is 4.87. The molecule has 1 aliphatic rings. The number of anilines is 1. The SMILES string of the molecule is CC[C@@H](O)CN1CCN(c2cccc(O)c2)CC1. The van der Waals surface area contributed by atoms with E-state index in [1.165, 1.54) is 0 Å². The molecule has 100 valence electrons. The molecule has 0 saturated carbocycles. The van der Waals surface area contributed by atoms with Crippen LogP contribution in [0.5, 0.6) is 5.75 Å². The fraction of sp³-hybridized carbons (Fsp3) is 0.571. The van der Waals surface area contributed by atoms with Gasteiger partial charge in [0.05, 0.1) is 6.10 Å². The van der Waals surface area contributed by atoms with Gasteiger partial charge < -0.3 is 15.1 Å². The Hall–Kier alpha value is -1.26. The minimum absolute atomic E-state index is 0.211. The Labute approximate surface area is 108 Å². The van der Waals surface area contributed by atoms with Crippen molar-refractivity contribution in [1.29, 1.82) is 0 Å². The number of hydrogen-bond acceptors (Lipinski definition) is 4. The number of phenols is 1. The zero-order valence-electron chi connectivity index (χ0n) is 10.9. The van der Waals surface area contributed by atoms with Crippen molar-refractivity contribution >= 4 is 5.69 Å². The molecule has 4 nitrogen and oxygen atoms in total. The highest BCUT2D eigenvalue weighted by atomic mass is 16.3. The van der Waals surface area contributed by atoms with Crippen LogP contribution in [-0.2, 0) is 0 Å². The Morgan fingerprint density at radius 3 is 2.56 bits per heavy atom. The van der Waals surface area contributed by atoms with Crippen molar-refractivity contribution in [3.8, 4) is 5.75 Å². The summed E-state index contributed by atoms with van der Waals surface area (Å²) < 4.78 is 0. The Kier molecular flexibility index (Phi) is 4.44. The largest absolute Gasteiger partial charge is 0.508 e. The van der Waals surface area contributed by atoms with Crippen LogP contribution in [0.2, 0.25) is 0 Å². The summed E-state index contributed by atoms with van der Waals surface area (Å²) in [6, 6.07) is 7.39. The molecule has 0 aromatic heterocycles. The van der Waals surface area contributed by atoms with Gasteiger partial charge in [-0.15, -0.1) is 0 Å². The highest BCUT2D eigenvalue weighted by Crippen LogP contribution is 2.21. The summed E-state index contributed by atoms with van der Waals surface area (Å²) in [5, 5.41) is 19.1. The van der Waals surface area contributed by atoms with Crippen LogP contribution in [0.3, 0.4) is 0 Å². The van der Waals surface area contributed by atoms with E-state index in [9.17, 15) is 10.2 Å². The molecule has 1 heterocycles. The van der Waals surface area contributed by atoms with Crippen LogP contribution in [0, 0.1) is 0 Å². The molecular weight excluding hydrogens is 228 g/mol. The Morgan fingerprint density at radius 2 is 1.94 bits per heavy atom. The van der Waals surface area contributed by atoms with E-state index in [0.717, 1.165) is 44.8 Å². The van der Waals surface area contributed by atoms with E-state index >= 15 is 0 Å². The van der Waals surface area contributed by atoms with Gasteiger partial charge in [-0.25, -0.2) is 0 Å². The molecule has 1 saturated heterocycles. The third-order valence-corrected chi connectivity index (χ3v) is 3.51. The van der Waals surface area contributed by atoms with Crippen LogP contribution in [-0.4, -0.2) is 53.9 Å². The molecule has 1 aromatic carbocycles. The standard InChI is InChI=1S/C14H22N2O2/c1-2-13(17)11-15-6-8-16(9-7-15)12-4-3-5-14(18)10-12/h3-5,10,13,17-18H,2,6-9,11H2,1H3/t13-/m1/s1. The van der Waals surface area contributed by atoms with Gasteiger partial charge in [0.1, 0.15) is 5.75 Å². The number of benzene rings is 1. The Morgan fingerprint density at radius 1 is 1.22 bits per heavy atom. The van der Waals surface area contributed by atoms with Gasteiger partial charge in [0.15, 0.2) is 0 Å². The van der Waals surface area contributed by atoms with Gasteiger partial charge in [-0.2, -0.15) is 0 Å². The van der Waals surface area contributed by atoms with E-state index < -0.39 is 0 Å². The summed E-state index contributed by atoms with van der Waals surface area (Å²) in [4.78, 5) is 4.57. The lowest BCUT2D eigenvalue weighted by Crippen LogP contribution is -2.48. The fourth-order valence-corrected chi connectivity index (χ4v) is 2.31. The molecule has 4 heteroatoms. The van der Waals surface area contributed by atoms with Crippen LogP contribution in [0.1, 0.15) is 13.3 Å². The molecule has 0 aliphatic carbocycles. The molecule has 0 spiro atoms. The molecule has 1 atom stereocenters. The van der Waals surface area contributed by atoms with Crippen molar-refractivity contribution in [1.82, 2.24) is 4.90 Å². The normalized spacial score (nSPS) is 18.9. The third kappa shape index (κ3) is 3.37. The maximum Gasteiger partial charge on any atom is 0.117 e. The first-order chi connectivity index (χ1) is 8.69. The minimum Gasteiger partial charge on any atom is -0.508 e. The molecule has 0 unspecified atom stereocenters. The summed E-state index contributed by atoms with van der Waals surface area (Å²) >= 11 is 0. The summed E-state index contributed by atoms with van der Waals surface area (Å²) in [6.07, 6.45) is 0.601. The smallest absolute Gasteiger partial charge is 0.117 e. The second kappa shape index (κ2) is 6.07. The molecule has 0 bridgehead atoms. The first kappa shape index (κ1) is 13.2. The second-order valence-electron chi connectivity index (χ2n) is 4.87. The average Bonchev–Trinajstić information content (AvgIpc) is 2.39. The molecule has 1 fully saturated rings. The average molecular weight is 250 g/mol. The lowest BCUT2D eigenvalue weighted by molar-refractivity contribution is 0.106. The first-order valence-corrected chi connectivity index (χ1v) is 6.63. The van der Waals surface area contributed by atoms with E-state index in [1.807, 2.05) is 19.1 Å². The molecular formula is C14H22N2O2. The van der Waals surface area contributed by atoms with Crippen molar-refractivity contribution in [2.24, 2.45) is 0 Å². The van der Waals surface area contributed by atoms with Gasteiger partial charge in [-0.3, -0.25) is 4.90 Å². The quantitative estimate of drug-likeness (QED) is 0.845. The molecule has 0 radical (unpaired) electrons. The molecule has 2 rings (SSSR count). The van der Waals surface area contributed by atoms with Gasteiger partial charge in [-0.1, -0.05) is 13.0 Å². The summed E-state index contributed by atoms with van der Waals surface area (Å²) in [5.74, 6) is 0.316. The maximum atomic E-state index is 9.64. The van der Waals surface area contributed by atoms with Gasteiger partial charge in [0.2, 0.25) is 0 Å². The maximum absolute atomic E-state index is 9.64. The summed E-state index contributed by atoms with van der Waals surface area (Å²) in [6.45, 7) is 6.59. The van der Waals surface area contributed by atoms with E-state index in [0.29, 0.717) is 5.75 Å². The van der Waals surface area contributed by atoms with Gasteiger partial charge in [0, 0.05) is 44.5 Å². The van der Waals surface area contributed by atoms with Gasteiger partial charge in [-0.05, 0) is 18.6 Å². The van der Waals surface area contributed by atoms with Crippen LogP contribution in [0.25, 0.3) is 0 Å². The first-order valence-electron chi connectivity index (χ1n) is 6.63. The van der Waals surface area contributed by atoms with Crippen molar-refractivity contribution in [2.45, 2.75) is 19.4 Å². The fourth-order valence-electron chi connectivity index (χ4n) is 2.31. The number of β-amino-alcohol motifs (C(OH)–C–C–N with tert-alkyl or cyclic N) is 1. The third-order valence-electron chi connectivity index (χ3n) is 3.51. The lowest BCUT2D eigenvalue weighted by Gasteiger charge is -2.36. The van der Waals surface area contributed by atoms with E-state index in [-0.39, 0.29) is 6.10 Å². The van der Waals surface area contributed by atoms with Gasteiger partial charge in [0.25, 0.3) is 0 Å². The molecule has 2 N–H and O–H groups in total. The molecule has 1 aliphatic heterocycles. The van der Waals surface area contributed by atoms with Gasteiger partial charge >= 0.3 is 0 Å². The Bertz CT molecular complexity index is 376. The number of rotatable bonds is 4. The Balaban J connectivity index is 1.87. The highest BCUT2D eigenvalue weighted by molar-refractivity contribution is 5.50. The zero-order valence-corrected chi connectivity index (χ0v) is 10.9. The van der Waals surface area contributed by atoms with Crippen LogP contribution < -0.4 is 4.90 Å². The summed E-state index contributed by atoms with van der Waals surface area (Å²) in [5.41, 5.74) is 1.07. The van der Waals surface area contributed by atoms with Crippen molar-refractivity contribution < 1.29 is 10.2 Å². The van der Waals surface area contributed by atoms with Crippen LogP contribution in [0.4, 0.5) is 5.69 Å². The van der Waals surface area contributed by atoms with Crippen molar-refractivity contribution in [3.63, 3.8) is 0 Å².